The molecule has 190 valence electrons. The summed E-state index contributed by atoms with van der Waals surface area (Å²) in [6, 6.07) is 0. The molecule has 6 aliphatic rings. The number of Topliss-reactive ketones (excluding diaryl/α,β-unsaturated/α-hetero) is 2. The Morgan fingerprint density at radius 3 is 1.26 bits per heavy atom. The Hall–Kier alpha value is -0.660. The predicted octanol–water partition coefficient (Wildman–Crippen LogP) is 8.17. The average molecular weight is 467 g/mol. The molecule has 0 aromatic rings. The second kappa shape index (κ2) is 10.4. The van der Waals surface area contributed by atoms with Gasteiger partial charge in [-0.05, 0) is 86.9 Å². The monoisotopic (exact) mass is 466 g/mol. The second-order valence-corrected chi connectivity index (χ2v) is 13.8. The SMILES string of the molecule is O=C1C(CCC2CC3C(CCCC3C3CCCCC3)C2=O)CC2C1CCCC2C1CCCCC1. The van der Waals surface area contributed by atoms with Gasteiger partial charge in [-0.15, -0.1) is 0 Å². The van der Waals surface area contributed by atoms with E-state index in [1.807, 2.05) is 0 Å². The van der Waals surface area contributed by atoms with Gasteiger partial charge in [-0.25, -0.2) is 0 Å². The molecular formula is C32H50O2. The molecule has 6 saturated carbocycles. The molecule has 8 unspecified atom stereocenters. The van der Waals surface area contributed by atoms with Crippen LogP contribution in [0, 0.1) is 59.2 Å². The molecule has 34 heavy (non-hydrogen) atoms. The summed E-state index contributed by atoms with van der Waals surface area (Å²) in [6.45, 7) is 0. The summed E-state index contributed by atoms with van der Waals surface area (Å²) in [5.74, 6) is 7.41. The minimum Gasteiger partial charge on any atom is -0.299 e. The van der Waals surface area contributed by atoms with Crippen molar-refractivity contribution < 1.29 is 9.59 Å². The minimum atomic E-state index is 0.281. The Kier molecular flexibility index (Phi) is 7.24. The number of carbonyl (C=O) groups is 2. The van der Waals surface area contributed by atoms with E-state index in [9.17, 15) is 9.59 Å². The molecule has 0 heterocycles. The van der Waals surface area contributed by atoms with Crippen LogP contribution < -0.4 is 0 Å². The van der Waals surface area contributed by atoms with E-state index in [4.69, 9.17) is 0 Å². The highest BCUT2D eigenvalue weighted by molar-refractivity contribution is 5.87. The summed E-state index contributed by atoms with van der Waals surface area (Å²) in [5.41, 5.74) is 0. The molecule has 6 aliphatic carbocycles. The summed E-state index contributed by atoms with van der Waals surface area (Å²) < 4.78 is 0. The summed E-state index contributed by atoms with van der Waals surface area (Å²) in [6.07, 6.45) is 26.3. The maximum absolute atomic E-state index is 13.5. The predicted molar refractivity (Wildman–Crippen MR) is 137 cm³/mol. The lowest BCUT2D eigenvalue weighted by atomic mass is 9.65. The Morgan fingerprint density at radius 1 is 0.441 bits per heavy atom. The molecule has 6 rings (SSSR count). The first-order chi connectivity index (χ1) is 16.7. The van der Waals surface area contributed by atoms with E-state index in [2.05, 4.69) is 0 Å². The molecule has 6 fully saturated rings. The first-order valence-electron chi connectivity index (χ1n) is 15.8. The normalized spacial score (nSPS) is 44.2. The van der Waals surface area contributed by atoms with Crippen molar-refractivity contribution in [3.05, 3.63) is 0 Å². The van der Waals surface area contributed by atoms with Crippen LogP contribution in [0.4, 0.5) is 0 Å². The third-order valence-corrected chi connectivity index (χ3v) is 12.3. The average Bonchev–Trinajstić information content (AvgIpc) is 3.40. The molecule has 0 radical (unpaired) electrons. The topological polar surface area (TPSA) is 34.1 Å². The highest BCUT2D eigenvalue weighted by atomic mass is 16.1. The van der Waals surface area contributed by atoms with Crippen molar-refractivity contribution in [3.8, 4) is 0 Å². The largest absolute Gasteiger partial charge is 0.299 e. The van der Waals surface area contributed by atoms with Gasteiger partial charge < -0.3 is 0 Å². The van der Waals surface area contributed by atoms with Gasteiger partial charge in [-0.3, -0.25) is 9.59 Å². The van der Waals surface area contributed by atoms with Crippen LogP contribution in [0.2, 0.25) is 0 Å². The molecule has 0 spiro atoms. The molecule has 8 atom stereocenters. The van der Waals surface area contributed by atoms with Gasteiger partial charge in [0.1, 0.15) is 11.6 Å². The number of ketones is 2. The van der Waals surface area contributed by atoms with Crippen molar-refractivity contribution >= 4 is 11.6 Å². The fraction of sp³-hybridized carbons (Fsp3) is 0.938. The lowest BCUT2D eigenvalue weighted by Crippen LogP contribution is -2.33. The van der Waals surface area contributed by atoms with Crippen LogP contribution in [0.1, 0.15) is 128 Å². The summed E-state index contributed by atoms with van der Waals surface area (Å²) >= 11 is 0. The van der Waals surface area contributed by atoms with Gasteiger partial charge in [0.05, 0.1) is 0 Å². The van der Waals surface area contributed by atoms with E-state index in [1.165, 1.54) is 116 Å². The maximum atomic E-state index is 13.5. The Bertz CT molecular complexity index is 667. The minimum absolute atomic E-state index is 0.281. The first-order valence-corrected chi connectivity index (χ1v) is 15.8. The van der Waals surface area contributed by atoms with Crippen LogP contribution in [0.5, 0.6) is 0 Å². The fourth-order valence-electron chi connectivity index (χ4n) is 10.7. The molecule has 0 amide bonds. The van der Waals surface area contributed by atoms with Crippen LogP contribution in [0.3, 0.4) is 0 Å². The van der Waals surface area contributed by atoms with Crippen molar-refractivity contribution in [1.29, 1.82) is 0 Å². The number of hydrogen-bond acceptors (Lipinski definition) is 2. The molecule has 0 aromatic carbocycles. The van der Waals surface area contributed by atoms with E-state index in [1.54, 1.807) is 0 Å². The fourth-order valence-corrected chi connectivity index (χ4v) is 10.7. The zero-order valence-electron chi connectivity index (χ0n) is 21.7. The van der Waals surface area contributed by atoms with Crippen LogP contribution in [0.15, 0.2) is 0 Å². The molecule has 0 N–H and O–H groups in total. The maximum Gasteiger partial charge on any atom is 0.139 e. The van der Waals surface area contributed by atoms with E-state index in [0.29, 0.717) is 35.2 Å². The number of rotatable bonds is 5. The quantitative estimate of drug-likeness (QED) is 0.409. The van der Waals surface area contributed by atoms with E-state index in [0.717, 1.165) is 36.5 Å². The molecule has 0 aromatic heterocycles. The molecular weight excluding hydrogens is 416 g/mol. The van der Waals surface area contributed by atoms with Gasteiger partial charge in [0, 0.05) is 23.7 Å². The standard InChI is InChI=1S/C32H50O2/c33-31-23(19-29-25(13-7-15-27(29)31)21-9-3-1-4-10-21)17-18-24-20-30-26(22-11-5-2-6-12-22)14-8-16-28(30)32(24)34/h21-30H,1-20H2. The number of carbonyl (C=O) groups excluding carboxylic acids is 2. The van der Waals surface area contributed by atoms with Crippen molar-refractivity contribution in [2.24, 2.45) is 59.2 Å². The van der Waals surface area contributed by atoms with Crippen molar-refractivity contribution in [2.45, 2.75) is 128 Å². The van der Waals surface area contributed by atoms with Crippen LogP contribution in [0.25, 0.3) is 0 Å². The number of fused-ring (bicyclic) bond motifs is 2. The third kappa shape index (κ3) is 4.47. The lowest BCUT2D eigenvalue weighted by Gasteiger charge is -2.40. The lowest BCUT2D eigenvalue weighted by molar-refractivity contribution is -0.127. The van der Waals surface area contributed by atoms with Crippen LogP contribution in [-0.2, 0) is 9.59 Å². The summed E-state index contributed by atoms with van der Waals surface area (Å²) in [5, 5.41) is 0. The van der Waals surface area contributed by atoms with Gasteiger partial charge in [0.15, 0.2) is 0 Å². The summed E-state index contributed by atoms with van der Waals surface area (Å²) in [7, 11) is 0. The first kappa shape index (κ1) is 23.7. The van der Waals surface area contributed by atoms with Gasteiger partial charge in [-0.1, -0.05) is 77.0 Å². The van der Waals surface area contributed by atoms with Gasteiger partial charge in [0.2, 0.25) is 0 Å². The third-order valence-electron chi connectivity index (χ3n) is 12.3. The molecule has 0 aliphatic heterocycles. The smallest absolute Gasteiger partial charge is 0.139 e. The van der Waals surface area contributed by atoms with E-state index in [-0.39, 0.29) is 11.8 Å². The Balaban J connectivity index is 1.07. The van der Waals surface area contributed by atoms with E-state index < -0.39 is 0 Å². The van der Waals surface area contributed by atoms with Crippen molar-refractivity contribution in [1.82, 2.24) is 0 Å². The van der Waals surface area contributed by atoms with Crippen LogP contribution >= 0.6 is 0 Å². The van der Waals surface area contributed by atoms with Gasteiger partial charge in [0.25, 0.3) is 0 Å². The molecule has 0 bridgehead atoms. The summed E-state index contributed by atoms with van der Waals surface area (Å²) in [4.78, 5) is 27.0. The second-order valence-electron chi connectivity index (χ2n) is 13.8. The molecule has 2 nitrogen and oxygen atoms in total. The van der Waals surface area contributed by atoms with Crippen LogP contribution in [-0.4, -0.2) is 11.6 Å². The van der Waals surface area contributed by atoms with Gasteiger partial charge in [-0.2, -0.15) is 0 Å². The highest BCUT2D eigenvalue weighted by Crippen LogP contribution is 2.54. The highest BCUT2D eigenvalue weighted by Gasteiger charge is 2.51. The van der Waals surface area contributed by atoms with Crippen molar-refractivity contribution in [3.63, 3.8) is 0 Å². The zero-order valence-corrected chi connectivity index (χ0v) is 21.7. The Labute approximate surface area is 208 Å². The Morgan fingerprint density at radius 2 is 0.853 bits per heavy atom. The zero-order chi connectivity index (χ0) is 23.1. The molecule has 0 saturated heterocycles. The molecule has 2 heteroatoms. The number of hydrogen-bond donors (Lipinski definition) is 0. The van der Waals surface area contributed by atoms with E-state index >= 15 is 0 Å². The van der Waals surface area contributed by atoms with Crippen molar-refractivity contribution in [2.75, 3.05) is 0 Å². The van der Waals surface area contributed by atoms with Gasteiger partial charge >= 0.3 is 0 Å².